The van der Waals surface area contributed by atoms with Crippen LogP contribution in [0.3, 0.4) is 0 Å². The number of ether oxygens (including phenoxy) is 1. The molecule has 6 nitrogen and oxygen atoms in total. The van der Waals surface area contributed by atoms with Crippen LogP contribution in [0.1, 0.15) is 7.85 Å². The van der Waals surface area contributed by atoms with Crippen LogP contribution in [0.25, 0.3) is 0 Å². The number of hydrogen-bond acceptors (Lipinski definition) is 5. The van der Waals surface area contributed by atoms with Crippen molar-refractivity contribution >= 4 is 44.8 Å². The quantitative estimate of drug-likeness (QED) is 0.488. The summed E-state index contributed by atoms with van der Waals surface area (Å²) >= 11 is 0. The number of rotatable bonds is 3. The summed E-state index contributed by atoms with van der Waals surface area (Å²) in [4.78, 5) is 12.7. The molecule has 1 aliphatic heterocycles. The van der Waals surface area contributed by atoms with Gasteiger partial charge < -0.3 is 4.74 Å². The van der Waals surface area contributed by atoms with Gasteiger partial charge in [0, 0.05) is 26.1 Å². The van der Waals surface area contributed by atoms with Crippen molar-refractivity contribution in [2.75, 3.05) is 32.8 Å². The maximum absolute atomic E-state index is 10.8. The van der Waals surface area contributed by atoms with Crippen molar-refractivity contribution in [3.8, 4) is 0 Å². The summed E-state index contributed by atoms with van der Waals surface area (Å²) in [6, 6.07) is 0. The van der Waals surface area contributed by atoms with E-state index in [-0.39, 0.29) is 37.4 Å². The molecule has 8 heteroatoms. The summed E-state index contributed by atoms with van der Waals surface area (Å²) in [5.41, 5.74) is 0. The Labute approximate surface area is 112 Å². The Morgan fingerprint density at radius 3 is 2.40 bits per heavy atom. The van der Waals surface area contributed by atoms with E-state index in [0.717, 1.165) is 0 Å². The average molecular weight is 248 g/mol. The molecule has 1 N–H and O–H groups in total. The minimum absolute atomic E-state index is 0. The Balaban J connectivity index is 0. The molecule has 0 aromatic heterocycles. The van der Waals surface area contributed by atoms with Gasteiger partial charge in [-0.15, -0.1) is 0 Å². The Hall–Kier alpha value is 0.500. The molecule has 0 unspecified atom stereocenters. The standard InChI is InChI=1S/C7H13NO5S.Na.H/c9-7(14(10,11)12)1-2-8-3-5-13-6-4-8;;/h1-6H2,(H,10,11,12);;/p+1. The SMILES string of the molecule is O=C(CCN1CCOCC1)S(=O)(=O)O.[H+].[NaH]. The molecule has 0 amide bonds. The van der Waals surface area contributed by atoms with Gasteiger partial charge >= 0.3 is 41.1 Å². The van der Waals surface area contributed by atoms with Gasteiger partial charge in [0.15, 0.2) is 0 Å². The van der Waals surface area contributed by atoms with Crippen LogP contribution in [0.4, 0.5) is 0 Å². The third kappa shape index (κ3) is 5.96. The Morgan fingerprint density at radius 2 is 1.93 bits per heavy atom. The first kappa shape index (κ1) is 15.5. The van der Waals surface area contributed by atoms with E-state index in [1.807, 2.05) is 4.90 Å². The fraction of sp³-hybridized carbons (Fsp3) is 0.857. The van der Waals surface area contributed by atoms with Crippen molar-refractivity contribution in [1.82, 2.24) is 4.90 Å². The van der Waals surface area contributed by atoms with Crippen LogP contribution in [-0.2, 0) is 19.6 Å². The van der Waals surface area contributed by atoms with Gasteiger partial charge in [-0.1, -0.05) is 0 Å². The van der Waals surface area contributed by atoms with Crippen molar-refractivity contribution in [2.24, 2.45) is 0 Å². The predicted octanol–water partition coefficient (Wildman–Crippen LogP) is -1.41. The number of nitrogens with zero attached hydrogens (tertiary/aromatic N) is 1. The topological polar surface area (TPSA) is 83.9 Å². The molecule has 1 saturated heterocycles. The molecule has 1 rings (SSSR count). The van der Waals surface area contributed by atoms with E-state index in [1.54, 1.807) is 0 Å². The summed E-state index contributed by atoms with van der Waals surface area (Å²) in [6.07, 6.45) is -0.168. The molecule has 0 aliphatic carbocycles. The molecule has 0 spiro atoms. The predicted molar refractivity (Wildman–Crippen MR) is 56.7 cm³/mol. The van der Waals surface area contributed by atoms with Crippen LogP contribution < -0.4 is 0 Å². The summed E-state index contributed by atoms with van der Waals surface area (Å²) in [6.45, 7) is 2.93. The van der Waals surface area contributed by atoms with Crippen LogP contribution >= 0.6 is 0 Å². The zero-order valence-electron chi connectivity index (χ0n) is 8.68. The van der Waals surface area contributed by atoms with Crippen molar-refractivity contribution in [1.29, 1.82) is 0 Å². The molecule has 0 aromatic rings. The second-order valence-corrected chi connectivity index (χ2v) is 4.46. The minimum atomic E-state index is -4.50. The van der Waals surface area contributed by atoms with Gasteiger partial charge in [-0.3, -0.25) is 14.2 Å². The molecule has 1 fully saturated rings. The van der Waals surface area contributed by atoms with Crippen LogP contribution in [0, 0.1) is 0 Å². The number of carbonyl (C=O) groups is 1. The van der Waals surface area contributed by atoms with Gasteiger partial charge in [0.2, 0.25) is 0 Å². The molecular formula is C7H15NNaO5S+. The Morgan fingerprint density at radius 1 is 1.40 bits per heavy atom. The van der Waals surface area contributed by atoms with Gasteiger partial charge in [0.05, 0.1) is 13.2 Å². The third-order valence-corrected chi connectivity index (χ3v) is 2.80. The maximum atomic E-state index is 10.8. The second-order valence-electron chi connectivity index (χ2n) is 3.05. The normalized spacial score (nSPS) is 18.2. The zero-order valence-corrected chi connectivity index (χ0v) is 8.49. The van der Waals surface area contributed by atoms with E-state index in [1.165, 1.54) is 0 Å². The fourth-order valence-electron chi connectivity index (χ4n) is 1.20. The first-order valence-electron chi connectivity index (χ1n) is 4.30. The van der Waals surface area contributed by atoms with E-state index in [4.69, 9.17) is 9.29 Å². The summed E-state index contributed by atoms with van der Waals surface area (Å²) < 4.78 is 34.2. The average Bonchev–Trinajstić information content (AvgIpc) is 2.14. The molecule has 84 valence electrons. The number of hydrogen-bond donors (Lipinski definition) is 1. The molecule has 0 bridgehead atoms. The molecule has 1 heterocycles. The molecule has 0 aromatic carbocycles. The van der Waals surface area contributed by atoms with E-state index in [9.17, 15) is 13.2 Å². The van der Waals surface area contributed by atoms with Gasteiger partial charge in [0.1, 0.15) is 0 Å². The van der Waals surface area contributed by atoms with Crippen molar-refractivity contribution in [2.45, 2.75) is 6.42 Å². The van der Waals surface area contributed by atoms with Crippen LogP contribution in [0.2, 0.25) is 0 Å². The van der Waals surface area contributed by atoms with Gasteiger partial charge in [-0.05, 0) is 0 Å². The first-order valence-corrected chi connectivity index (χ1v) is 5.74. The van der Waals surface area contributed by atoms with Gasteiger partial charge in [0.25, 0.3) is 5.12 Å². The van der Waals surface area contributed by atoms with Crippen molar-refractivity contribution < 1.29 is 23.9 Å². The van der Waals surface area contributed by atoms with Crippen LogP contribution in [-0.4, -0.2) is 85.4 Å². The zero-order chi connectivity index (χ0) is 10.6. The number of carbonyl (C=O) groups excluding carboxylic acids is 1. The molecular weight excluding hydrogens is 233 g/mol. The molecule has 15 heavy (non-hydrogen) atoms. The van der Waals surface area contributed by atoms with Crippen molar-refractivity contribution in [3.63, 3.8) is 0 Å². The molecule has 0 saturated carbocycles. The molecule has 0 radical (unpaired) electrons. The fourth-order valence-corrected chi connectivity index (χ4v) is 1.55. The molecule has 0 atom stereocenters. The Kier molecular flexibility index (Phi) is 7.18. The van der Waals surface area contributed by atoms with E-state index in [2.05, 4.69) is 0 Å². The molecule has 1 aliphatic rings. The summed E-state index contributed by atoms with van der Waals surface area (Å²) in [5.74, 6) is 0. The van der Waals surface area contributed by atoms with Gasteiger partial charge in [-0.2, -0.15) is 8.42 Å². The second kappa shape index (κ2) is 6.95. The van der Waals surface area contributed by atoms with E-state index < -0.39 is 15.2 Å². The first-order chi connectivity index (χ1) is 6.50. The monoisotopic (exact) mass is 248 g/mol. The third-order valence-electron chi connectivity index (χ3n) is 2.02. The summed E-state index contributed by atoms with van der Waals surface area (Å²) in [7, 11) is -4.50. The van der Waals surface area contributed by atoms with Crippen LogP contribution in [0.5, 0.6) is 0 Å². The van der Waals surface area contributed by atoms with E-state index in [0.29, 0.717) is 32.8 Å². The van der Waals surface area contributed by atoms with Crippen molar-refractivity contribution in [3.05, 3.63) is 0 Å². The number of morpholine rings is 1. The summed E-state index contributed by atoms with van der Waals surface area (Å²) in [5, 5.41) is -1.12. The van der Waals surface area contributed by atoms with E-state index >= 15 is 0 Å². The Bertz CT molecular complexity index is 304. The van der Waals surface area contributed by atoms with Crippen LogP contribution in [0.15, 0.2) is 0 Å². The van der Waals surface area contributed by atoms with Gasteiger partial charge in [-0.25, -0.2) is 0 Å².